The second-order valence-corrected chi connectivity index (χ2v) is 10.5. The topological polar surface area (TPSA) is 35.2 Å². The summed E-state index contributed by atoms with van der Waals surface area (Å²) in [5.74, 6) is 1.37. The van der Waals surface area contributed by atoms with Crippen LogP contribution >= 0.6 is 48.8 Å². The molecule has 4 aromatic rings. The van der Waals surface area contributed by atoms with Gasteiger partial charge in [-0.3, -0.25) is 9.80 Å². The Labute approximate surface area is 256 Å². The Balaban J connectivity index is 0.00000178. The van der Waals surface area contributed by atoms with Gasteiger partial charge in [0.2, 0.25) is 0 Å². The van der Waals surface area contributed by atoms with Crippen LogP contribution in [0.4, 0.5) is 0 Å². The molecule has 1 aromatic heterocycles. The number of nitrogens with one attached hydrogen (secondary N) is 1. The first-order valence-electron chi connectivity index (χ1n) is 12.9. The zero-order valence-electron chi connectivity index (χ0n) is 22.6. The predicted molar refractivity (Wildman–Crippen MR) is 171 cm³/mol. The Hall–Kier alpha value is -2.05. The van der Waals surface area contributed by atoms with Gasteiger partial charge in [0.1, 0.15) is 5.82 Å². The van der Waals surface area contributed by atoms with Crippen LogP contribution < -0.4 is 0 Å². The van der Waals surface area contributed by atoms with Gasteiger partial charge >= 0.3 is 0 Å². The van der Waals surface area contributed by atoms with Crippen molar-refractivity contribution in [3.05, 3.63) is 112 Å². The van der Waals surface area contributed by atoms with E-state index in [0.717, 1.165) is 54.0 Å². The van der Waals surface area contributed by atoms with Crippen molar-refractivity contribution in [1.29, 1.82) is 0 Å². The summed E-state index contributed by atoms with van der Waals surface area (Å²) in [6.45, 7) is 10.8. The standard InChI is InChI=1S/C31H35ClN4.3ClH/c1-22(2)29(28-23(3)33-31(34-28)26-14-16-27(32)17-15-26)35-18-20-36(21-19-35)30(24-10-6-4-7-11-24)25-12-8-5-9-13-25;;;/h4-17,22,29-30H,18-21H2,1-3H3,(H,33,34);3*1H. The zero-order chi connectivity index (χ0) is 25.1. The molecule has 1 unspecified atom stereocenters. The van der Waals surface area contributed by atoms with Crippen LogP contribution in [0, 0.1) is 12.8 Å². The Morgan fingerprint density at radius 3 is 1.69 bits per heavy atom. The second-order valence-electron chi connectivity index (χ2n) is 10.1. The van der Waals surface area contributed by atoms with E-state index in [1.165, 1.54) is 11.1 Å². The predicted octanol–water partition coefficient (Wildman–Crippen LogP) is 8.41. The number of nitrogens with zero attached hydrogens (tertiary/aromatic N) is 3. The van der Waals surface area contributed by atoms with Crippen LogP contribution in [0.3, 0.4) is 0 Å². The number of hydrogen-bond donors (Lipinski definition) is 1. The van der Waals surface area contributed by atoms with Crippen molar-refractivity contribution in [3.63, 3.8) is 0 Å². The molecule has 1 aliphatic rings. The number of rotatable bonds is 7. The van der Waals surface area contributed by atoms with E-state index in [0.29, 0.717) is 5.92 Å². The van der Waals surface area contributed by atoms with E-state index in [-0.39, 0.29) is 49.3 Å². The first-order chi connectivity index (χ1) is 17.5. The lowest BCUT2D eigenvalue weighted by atomic mass is 9.94. The van der Waals surface area contributed by atoms with Crippen LogP contribution in [0.2, 0.25) is 5.02 Å². The molecule has 1 aliphatic heterocycles. The minimum atomic E-state index is 0. The molecule has 0 bridgehead atoms. The number of piperazine rings is 1. The third-order valence-electron chi connectivity index (χ3n) is 7.29. The summed E-state index contributed by atoms with van der Waals surface area (Å²) in [5.41, 5.74) is 6.08. The van der Waals surface area contributed by atoms with Gasteiger partial charge in [-0.2, -0.15) is 0 Å². The number of aromatic amines is 1. The molecular weight excluding hydrogens is 570 g/mol. The number of aromatic nitrogens is 2. The normalized spacial score (nSPS) is 14.8. The van der Waals surface area contributed by atoms with Crippen molar-refractivity contribution in [2.24, 2.45) is 5.92 Å². The molecule has 0 aliphatic carbocycles. The Morgan fingerprint density at radius 2 is 1.21 bits per heavy atom. The molecule has 210 valence electrons. The number of aryl methyl sites for hydroxylation is 1. The van der Waals surface area contributed by atoms with Gasteiger partial charge in [0, 0.05) is 42.5 Å². The van der Waals surface area contributed by atoms with E-state index >= 15 is 0 Å². The number of H-pyrrole nitrogens is 1. The molecule has 0 saturated carbocycles. The monoisotopic (exact) mass is 606 g/mol. The lowest BCUT2D eigenvalue weighted by Gasteiger charge is -2.43. The molecule has 3 aromatic carbocycles. The Morgan fingerprint density at radius 1 is 0.718 bits per heavy atom. The fourth-order valence-corrected chi connectivity index (χ4v) is 5.70. The number of benzene rings is 3. The maximum atomic E-state index is 6.10. The molecule has 1 fully saturated rings. The van der Waals surface area contributed by atoms with Crippen LogP contribution in [-0.2, 0) is 0 Å². The molecular formula is C31H38Cl4N4. The first kappa shape index (κ1) is 33.2. The largest absolute Gasteiger partial charge is 0.342 e. The summed E-state index contributed by atoms with van der Waals surface area (Å²) in [5, 5.41) is 0.740. The van der Waals surface area contributed by atoms with Crippen LogP contribution in [-0.4, -0.2) is 45.9 Å². The fraction of sp³-hybridized carbons (Fsp3) is 0.323. The van der Waals surface area contributed by atoms with Crippen molar-refractivity contribution >= 4 is 48.8 Å². The third-order valence-corrected chi connectivity index (χ3v) is 7.54. The molecule has 1 N–H and O–H groups in total. The van der Waals surface area contributed by atoms with Crippen molar-refractivity contribution in [2.45, 2.75) is 32.9 Å². The smallest absolute Gasteiger partial charge is 0.137 e. The van der Waals surface area contributed by atoms with Crippen molar-refractivity contribution in [1.82, 2.24) is 19.8 Å². The number of halogens is 4. The van der Waals surface area contributed by atoms with Crippen LogP contribution in [0.5, 0.6) is 0 Å². The minimum absolute atomic E-state index is 0. The lowest BCUT2D eigenvalue weighted by molar-refractivity contribution is 0.0599. The first-order valence-corrected chi connectivity index (χ1v) is 13.3. The second kappa shape index (κ2) is 15.1. The summed E-state index contributed by atoms with van der Waals surface area (Å²) >= 11 is 6.10. The number of imidazole rings is 1. The van der Waals surface area contributed by atoms with E-state index < -0.39 is 0 Å². The average molecular weight is 608 g/mol. The summed E-state index contributed by atoms with van der Waals surface area (Å²) in [7, 11) is 0. The van der Waals surface area contributed by atoms with Gasteiger partial charge in [-0.05, 0) is 48.2 Å². The van der Waals surface area contributed by atoms with Crippen LogP contribution in [0.15, 0.2) is 84.9 Å². The highest BCUT2D eigenvalue weighted by Crippen LogP contribution is 2.35. The van der Waals surface area contributed by atoms with Gasteiger partial charge in [-0.1, -0.05) is 86.1 Å². The lowest BCUT2D eigenvalue weighted by Crippen LogP contribution is -2.50. The minimum Gasteiger partial charge on any atom is -0.342 e. The van der Waals surface area contributed by atoms with Gasteiger partial charge < -0.3 is 4.98 Å². The highest BCUT2D eigenvalue weighted by molar-refractivity contribution is 6.30. The van der Waals surface area contributed by atoms with E-state index in [1.54, 1.807) is 0 Å². The average Bonchev–Trinajstić information content (AvgIpc) is 3.27. The molecule has 1 atom stereocenters. The maximum Gasteiger partial charge on any atom is 0.137 e. The fourth-order valence-electron chi connectivity index (χ4n) is 5.58. The van der Waals surface area contributed by atoms with Gasteiger partial charge in [0.05, 0.1) is 17.8 Å². The molecule has 39 heavy (non-hydrogen) atoms. The SMILES string of the molecule is Cc1[nH]c(-c2ccc(Cl)cc2)nc1C(C(C)C)N1CCN(C(c2ccccc2)c2ccccc2)CC1.Cl.Cl.Cl. The summed E-state index contributed by atoms with van der Waals surface area (Å²) < 4.78 is 0. The molecule has 1 saturated heterocycles. The maximum absolute atomic E-state index is 6.10. The quantitative estimate of drug-likeness (QED) is 0.229. The van der Waals surface area contributed by atoms with Gasteiger partial charge in [-0.25, -0.2) is 4.98 Å². The molecule has 2 heterocycles. The molecule has 0 amide bonds. The molecule has 5 rings (SSSR count). The van der Waals surface area contributed by atoms with Crippen molar-refractivity contribution in [3.8, 4) is 11.4 Å². The number of hydrogen-bond acceptors (Lipinski definition) is 3. The van der Waals surface area contributed by atoms with Crippen LogP contribution in [0.1, 0.15) is 48.4 Å². The van der Waals surface area contributed by atoms with Gasteiger partial charge in [-0.15, -0.1) is 37.2 Å². The molecule has 4 nitrogen and oxygen atoms in total. The zero-order valence-corrected chi connectivity index (χ0v) is 25.8. The van der Waals surface area contributed by atoms with Crippen LogP contribution in [0.25, 0.3) is 11.4 Å². The highest BCUT2D eigenvalue weighted by atomic mass is 35.5. The van der Waals surface area contributed by atoms with E-state index in [2.05, 4.69) is 96.2 Å². The summed E-state index contributed by atoms with van der Waals surface area (Å²) in [4.78, 5) is 13.9. The van der Waals surface area contributed by atoms with E-state index in [1.807, 2.05) is 24.3 Å². The summed E-state index contributed by atoms with van der Waals surface area (Å²) in [6.07, 6.45) is 0. The van der Waals surface area contributed by atoms with E-state index in [9.17, 15) is 0 Å². The third kappa shape index (κ3) is 7.58. The van der Waals surface area contributed by atoms with E-state index in [4.69, 9.17) is 16.6 Å². The Kier molecular flexibility index (Phi) is 12.8. The molecule has 0 spiro atoms. The van der Waals surface area contributed by atoms with Gasteiger partial charge in [0.15, 0.2) is 0 Å². The van der Waals surface area contributed by atoms with Crippen molar-refractivity contribution in [2.75, 3.05) is 26.2 Å². The highest BCUT2D eigenvalue weighted by Gasteiger charge is 2.33. The summed E-state index contributed by atoms with van der Waals surface area (Å²) in [6, 6.07) is 30.3. The molecule has 0 radical (unpaired) electrons. The van der Waals surface area contributed by atoms with Crippen molar-refractivity contribution < 1.29 is 0 Å². The Bertz CT molecular complexity index is 1220. The van der Waals surface area contributed by atoms with Gasteiger partial charge in [0.25, 0.3) is 0 Å². The molecule has 8 heteroatoms.